The van der Waals surface area contributed by atoms with Gasteiger partial charge in [0, 0.05) is 19.0 Å². The van der Waals surface area contributed by atoms with Crippen molar-refractivity contribution >= 4 is 22.6 Å². The molecule has 0 fully saturated rings. The highest BCUT2D eigenvalue weighted by Crippen LogP contribution is 2.25. The van der Waals surface area contributed by atoms with Crippen LogP contribution in [0.4, 0.5) is 5.69 Å². The first kappa shape index (κ1) is 12.5. The second-order valence-corrected chi connectivity index (χ2v) is 5.89. The van der Waals surface area contributed by atoms with Gasteiger partial charge in [-0.25, -0.2) is 0 Å². The Hall–Kier alpha value is -0.970. The van der Waals surface area contributed by atoms with Crippen molar-refractivity contribution in [1.82, 2.24) is 9.78 Å². The zero-order chi connectivity index (χ0) is 12.4. The van der Waals surface area contributed by atoms with Crippen molar-refractivity contribution in [3.63, 3.8) is 0 Å². The van der Waals surface area contributed by atoms with Crippen LogP contribution < -0.4 is 5.32 Å². The molecule has 0 spiro atoms. The number of aryl methyl sites for hydroxylation is 1. The molecule has 0 aromatic carbocycles. The number of rotatable bonds is 2. The second kappa shape index (κ2) is 5.12. The number of nitrogens with zero attached hydrogens (tertiary/aromatic N) is 3. The smallest absolute Gasteiger partial charge is 0.161 e. The molecule has 2 rings (SSSR count). The maximum absolute atomic E-state index is 4.62. The topological polar surface area (TPSA) is 42.2 Å². The SMILES string of the molecule is CC1CCSC(Nc2cn(C)nc2C(C)C)=N1. The molecule has 0 radical (unpaired) electrons. The Morgan fingerprint density at radius 2 is 2.29 bits per heavy atom. The van der Waals surface area contributed by atoms with Gasteiger partial charge in [-0.1, -0.05) is 25.6 Å². The molecule has 1 aromatic rings. The van der Waals surface area contributed by atoms with E-state index >= 15 is 0 Å². The summed E-state index contributed by atoms with van der Waals surface area (Å²) in [5.41, 5.74) is 2.19. The van der Waals surface area contributed by atoms with Crippen LogP contribution in [0.2, 0.25) is 0 Å². The summed E-state index contributed by atoms with van der Waals surface area (Å²) < 4.78 is 1.86. The minimum Gasteiger partial charge on any atom is -0.332 e. The summed E-state index contributed by atoms with van der Waals surface area (Å²) in [6, 6.07) is 0.429. The van der Waals surface area contributed by atoms with E-state index < -0.39 is 0 Å². The van der Waals surface area contributed by atoms with Crippen molar-refractivity contribution in [3.8, 4) is 0 Å². The molecule has 1 unspecified atom stereocenters. The Labute approximate surface area is 107 Å². The van der Waals surface area contributed by atoms with Gasteiger partial charge in [0.15, 0.2) is 5.17 Å². The van der Waals surface area contributed by atoms with Crippen LogP contribution in [0.1, 0.15) is 38.8 Å². The van der Waals surface area contributed by atoms with Gasteiger partial charge >= 0.3 is 0 Å². The highest BCUT2D eigenvalue weighted by atomic mass is 32.2. The number of thioether (sulfide) groups is 1. The molecule has 5 heteroatoms. The van der Waals surface area contributed by atoms with Gasteiger partial charge in [0.25, 0.3) is 0 Å². The third kappa shape index (κ3) is 3.03. The number of hydrogen-bond donors (Lipinski definition) is 1. The standard InChI is InChI=1S/C12H20N4S/c1-8(2)11-10(7-16(4)15-11)14-12-13-9(3)5-6-17-12/h7-9H,5-6H2,1-4H3,(H,13,14). The fraction of sp³-hybridized carbons (Fsp3) is 0.667. The monoisotopic (exact) mass is 252 g/mol. The zero-order valence-corrected chi connectivity index (χ0v) is 11.7. The van der Waals surface area contributed by atoms with E-state index in [1.54, 1.807) is 11.8 Å². The number of aromatic nitrogens is 2. The summed E-state index contributed by atoms with van der Waals surface area (Å²) in [7, 11) is 1.95. The van der Waals surface area contributed by atoms with Crippen LogP contribution in [0.5, 0.6) is 0 Å². The summed E-state index contributed by atoms with van der Waals surface area (Å²) >= 11 is 1.79. The fourth-order valence-electron chi connectivity index (χ4n) is 1.84. The second-order valence-electron chi connectivity index (χ2n) is 4.80. The molecule has 94 valence electrons. The average Bonchev–Trinajstić information content (AvgIpc) is 2.59. The molecule has 0 amide bonds. The number of nitrogens with one attached hydrogen (secondary N) is 1. The molecule has 0 saturated carbocycles. The Morgan fingerprint density at radius 3 is 2.94 bits per heavy atom. The molecular weight excluding hydrogens is 232 g/mol. The first-order valence-corrected chi connectivity index (χ1v) is 7.06. The Kier molecular flexibility index (Phi) is 3.76. The number of hydrogen-bond acceptors (Lipinski definition) is 4. The van der Waals surface area contributed by atoms with Crippen molar-refractivity contribution in [2.45, 2.75) is 39.2 Å². The van der Waals surface area contributed by atoms with E-state index in [9.17, 15) is 0 Å². The minimum absolute atomic E-state index is 0.422. The van der Waals surface area contributed by atoms with E-state index in [1.807, 2.05) is 17.9 Å². The molecule has 1 aliphatic heterocycles. The van der Waals surface area contributed by atoms with E-state index in [4.69, 9.17) is 0 Å². The van der Waals surface area contributed by atoms with Crippen molar-refractivity contribution in [1.29, 1.82) is 0 Å². The molecule has 2 heterocycles. The maximum Gasteiger partial charge on any atom is 0.161 e. The summed E-state index contributed by atoms with van der Waals surface area (Å²) in [6.45, 7) is 6.48. The molecular formula is C12H20N4S. The lowest BCUT2D eigenvalue weighted by molar-refractivity contribution is 0.713. The van der Waals surface area contributed by atoms with Crippen LogP contribution in [0.25, 0.3) is 0 Å². The first-order valence-electron chi connectivity index (χ1n) is 6.07. The van der Waals surface area contributed by atoms with E-state index in [-0.39, 0.29) is 0 Å². The third-order valence-electron chi connectivity index (χ3n) is 2.76. The Balaban J connectivity index is 2.18. The summed E-state index contributed by atoms with van der Waals surface area (Å²) in [6.07, 6.45) is 3.19. The predicted molar refractivity (Wildman–Crippen MR) is 74.9 cm³/mol. The van der Waals surface area contributed by atoms with Crippen LogP contribution in [-0.4, -0.2) is 26.7 Å². The van der Waals surface area contributed by atoms with Crippen LogP contribution in [0, 0.1) is 0 Å². The van der Waals surface area contributed by atoms with Gasteiger partial charge in [0.05, 0.1) is 17.4 Å². The van der Waals surface area contributed by atoms with Crippen LogP contribution >= 0.6 is 11.8 Å². The van der Waals surface area contributed by atoms with Crippen molar-refractivity contribution < 1.29 is 0 Å². The highest BCUT2D eigenvalue weighted by molar-refractivity contribution is 8.14. The van der Waals surface area contributed by atoms with E-state index in [0.29, 0.717) is 12.0 Å². The van der Waals surface area contributed by atoms with Crippen molar-refractivity contribution in [2.75, 3.05) is 11.1 Å². The van der Waals surface area contributed by atoms with Crippen LogP contribution in [0.3, 0.4) is 0 Å². The molecule has 17 heavy (non-hydrogen) atoms. The predicted octanol–water partition coefficient (Wildman–Crippen LogP) is 2.84. The van der Waals surface area contributed by atoms with Crippen LogP contribution in [-0.2, 0) is 7.05 Å². The number of aliphatic imine (C=N–C) groups is 1. The molecule has 1 atom stereocenters. The molecule has 1 aromatic heterocycles. The normalized spacial score (nSPS) is 20.5. The zero-order valence-electron chi connectivity index (χ0n) is 10.9. The highest BCUT2D eigenvalue weighted by Gasteiger charge is 2.16. The maximum atomic E-state index is 4.62. The summed E-state index contributed by atoms with van der Waals surface area (Å²) in [4.78, 5) is 4.62. The molecule has 0 bridgehead atoms. The molecule has 1 aliphatic rings. The molecule has 1 N–H and O–H groups in total. The molecule has 4 nitrogen and oxygen atoms in total. The van der Waals surface area contributed by atoms with Gasteiger partial charge in [-0.3, -0.25) is 9.67 Å². The van der Waals surface area contributed by atoms with Gasteiger partial charge in [-0.15, -0.1) is 0 Å². The summed E-state index contributed by atoms with van der Waals surface area (Å²) in [5.74, 6) is 1.56. The van der Waals surface area contributed by atoms with Crippen molar-refractivity contribution in [2.24, 2.45) is 12.0 Å². The minimum atomic E-state index is 0.422. The van der Waals surface area contributed by atoms with Crippen LogP contribution in [0.15, 0.2) is 11.2 Å². The fourth-order valence-corrected chi connectivity index (χ4v) is 2.93. The van der Waals surface area contributed by atoms with E-state index in [0.717, 1.165) is 22.3 Å². The lowest BCUT2D eigenvalue weighted by Crippen LogP contribution is -2.18. The first-order chi connectivity index (χ1) is 8.06. The average molecular weight is 252 g/mol. The Bertz CT molecular complexity index is 422. The van der Waals surface area contributed by atoms with Gasteiger partial charge < -0.3 is 5.32 Å². The van der Waals surface area contributed by atoms with Gasteiger partial charge in [-0.05, 0) is 19.3 Å². The largest absolute Gasteiger partial charge is 0.332 e. The molecule has 0 aliphatic carbocycles. The van der Waals surface area contributed by atoms with Gasteiger partial charge in [-0.2, -0.15) is 5.10 Å². The lowest BCUT2D eigenvalue weighted by atomic mass is 10.1. The quantitative estimate of drug-likeness (QED) is 0.880. The Morgan fingerprint density at radius 1 is 1.53 bits per heavy atom. The van der Waals surface area contributed by atoms with Gasteiger partial charge in [0.2, 0.25) is 0 Å². The number of anilines is 1. The van der Waals surface area contributed by atoms with E-state index in [1.165, 1.54) is 6.42 Å². The number of amidine groups is 1. The lowest BCUT2D eigenvalue weighted by Gasteiger charge is -2.17. The van der Waals surface area contributed by atoms with Crippen molar-refractivity contribution in [3.05, 3.63) is 11.9 Å². The third-order valence-corrected chi connectivity index (χ3v) is 3.68. The molecule has 0 saturated heterocycles. The van der Waals surface area contributed by atoms with E-state index in [2.05, 4.69) is 36.2 Å². The van der Waals surface area contributed by atoms with Gasteiger partial charge in [0.1, 0.15) is 0 Å². The summed E-state index contributed by atoms with van der Waals surface area (Å²) in [5, 5.41) is 8.92.